The van der Waals surface area contributed by atoms with Crippen LogP contribution in [0.1, 0.15) is 30.9 Å². The summed E-state index contributed by atoms with van der Waals surface area (Å²) in [5.41, 5.74) is 1.35. The molecule has 0 fully saturated rings. The maximum atomic E-state index is 11.2. The van der Waals surface area contributed by atoms with Gasteiger partial charge in [0.15, 0.2) is 6.61 Å². The highest BCUT2D eigenvalue weighted by Crippen LogP contribution is 2.31. The monoisotopic (exact) mass is 251 g/mol. The molecule has 0 aliphatic carbocycles. The molecule has 2 rings (SSSR count). The Morgan fingerprint density at radius 2 is 2.22 bits per heavy atom. The largest absolute Gasteiger partial charge is 0.482 e. The van der Waals surface area contributed by atoms with Gasteiger partial charge >= 0.3 is 0 Å². The van der Waals surface area contributed by atoms with Gasteiger partial charge in [0.1, 0.15) is 5.75 Å². The van der Waals surface area contributed by atoms with E-state index in [1.54, 1.807) is 18.2 Å². The Morgan fingerprint density at radius 3 is 3.00 bits per heavy atom. The summed E-state index contributed by atoms with van der Waals surface area (Å²) >= 11 is 0. The Balaban J connectivity index is 2.05. The number of ether oxygens (including phenoxy) is 1. The molecule has 3 N–H and O–H groups in total. The van der Waals surface area contributed by atoms with Crippen molar-refractivity contribution in [1.29, 1.82) is 0 Å². The third-order valence-corrected chi connectivity index (χ3v) is 2.91. The molecule has 98 valence electrons. The Hall–Kier alpha value is -1.59. The van der Waals surface area contributed by atoms with Crippen molar-refractivity contribution in [2.75, 3.05) is 18.5 Å². The first-order valence-electron chi connectivity index (χ1n) is 6.06. The maximum Gasteiger partial charge on any atom is 0.262 e. The van der Waals surface area contributed by atoms with Crippen LogP contribution < -0.4 is 10.1 Å². The van der Waals surface area contributed by atoms with E-state index in [9.17, 15) is 9.90 Å². The van der Waals surface area contributed by atoms with E-state index in [4.69, 9.17) is 9.84 Å². The number of carbonyl (C=O) groups is 1. The molecule has 1 unspecified atom stereocenters. The van der Waals surface area contributed by atoms with Crippen molar-refractivity contribution in [1.82, 2.24) is 0 Å². The highest BCUT2D eigenvalue weighted by Gasteiger charge is 2.17. The molecule has 0 saturated carbocycles. The molecule has 0 radical (unpaired) electrons. The number of fused-ring (bicyclic) bond motifs is 1. The zero-order valence-corrected chi connectivity index (χ0v) is 10.1. The van der Waals surface area contributed by atoms with Gasteiger partial charge in [0.25, 0.3) is 5.91 Å². The van der Waals surface area contributed by atoms with Crippen LogP contribution in [0.3, 0.4) is 0 Å². The lowest BCUT2D eigenvalue weighted by molar-refractivity contribution is -0.118. The number of amides is 1. The van der Waals surface area contributed by atoms with E-state index in [1.807, 2.05) is 0 Å². The third kappa shape index (κ3) is 3.00. The first-order chi connectivity index (χ1) is 8.70. The molecule has 5 heteroatoms. The number of nitrogens with one attached hydrogen (secondary N) is 1. The number of aliphatic hydroxyl groups is 2. The zero-order chi connectivity index (χ0) is 13.0. The van der Waals surface area contributed by atoms with E-state index in [0.29, 0.717) is 24.3 Å². The SMILES string of the molecule is O=C1COc2ccc(C(O)CCCCO)cc2N1. The van der Waals surface area contributed by atoms with Crippen molar-refractivity contribution in [2.24, 2.45) is 0 Å². The van der Waals surface area contributed by atoms with E-state index in [1.165, 1.54) is 0 Å². The lowest BCUT2D eigenvalue weighted by Crippen LogP contribution is -2.25. The average molecular weight is 251 g/mol. The molecule has 1 aliphatic heterocycles. The molecule has 0 spiro atoms. The van der Waals surface area contributed by atoms with Crippen molar-refractivity contribution in [3.8, 4) is 5.75 Å². The highest BCUT2D eigenvalue weighted by molar-refractivity contribution is 5.95. The second-order valence-electron chi connectivity index (χ2n) is 4.33. The predicted octanol–water partition coefficient (Wildman–Crippen LogP) is 1.21. The van der Waals surface area contributed by atoms with E-state index in [2.05, 4.69) is 5.32 Å². The fourth-order valence-electron chi connectivity index (χ4n) is 1.92. The summed E-state index contributed by atoms with van der Waals surface area (Å²) < 4.78 is 5.24. The Labute approximate surface area is 105 Å². The van der Waals surface area contributed by atoms with Gasteiger partial charge in [-0.25, -0.2) is 0 Å². The summed E-state index contributed by atoms with van der Waals surface area (Å²) in [5.74, 6) is 0.440. The van der Waals surface area contributed by atoms with Crippen LogP contribution in [0.15, 0.2) is 18.2 Å². The summed E-state index contributed by atoms with van der Waals surface area (Å²) in [5, 5.41) is 21.4. The topological polar surface area (TPSA) is 78.8 Å². The fourth-order valence-corrected chi connectivity index (χ4v) is 1.92. The molecule has 5 nitrogen and oxygen atoms in total. The second-order valence-corrected chi connectivity index (χ2v) is 4.33. The molecule has 0 bridgehead atoms. The van der Waals surface area contributed by atoms with Gasteiger partial charge in [-0.2, -0.15) is 0 Å². The Kier molecular flexibility index (Phi) is 4.17. The summed E-state index contributed by atoms with van der Waals surface area (Å²) in [6, 6.07) is 5.27. The number of hydrogen-bond acceptors (Lipinski definition) is 4. The smallest absolute Gasteiger partial charge is 0.262 e. The number of hydrogen-bond donors (Lipinski definition) is 3. The molecule has 1 aliphatic rings. The fraction of sp³-hybridized carbons (Fsp3) is 0.462. The predicted molar refractivity (Wildman–Crippen MR) is 66.5 cm³/mol. The molecule has 0 aromatic heterocycles. The van der Waals surface area contributed by atoms with Gasteiger partial charge in [-0.3, -0.25) is 4.79 Å². The van der Waals surface area contributed by atoms with Crippen LogP contribution >= 0.6 is 0 Å². The molecule has 18 heavy (non-hydrogen) atoms. The quantitative estimate of drug-likeness (QED) is 0.687. The van der Waals surface area contributed by atoms with Crippen LogP contribution in [0.5, 0.6) is 5.75 Å². The van der Waals surface area contributed by atoms with Crippen LogP contribution in [0.4, 0.5) is 5.69 Å². The highest BCUT2D eigenvalue weighted by atomic mass is 16.5. The Bertz CT molecular complexity index is 433. The number of unbranched alkanes of at least 4 members (excludes halogenated alkanes) is 1. The van der Waals surface area contributed by atoms with Gasteiger partial charge in [0, 0.05) is 6.61 Å². The van der Waals surface area contributed by atoms with E-state index in [0.717, 1.165) is 12.0 Å². The van der Waals surface area contributed by atoms with Gasteiger partial charge in [-0.1, -0.05) is 6.07 Å². The average Bonchev–Trinajstić information content (AvgIpc) is 2.38. The van der Waals surface area contributed by atoms with Crippen LogP contribution in [0.25, 0.3) is 0 Å². The lowest BCUT2D eigenvalue weighted by Gasteiger charge is -2.20. The van der Waals surface area contributed by atoms with E-state index in [-0.39, 0.29) is 19.1 Å². The molecule has 1 heterocycles. The number of benzene rings is 1. The minimum Gasteiger partial charge on any atom is -0.482 e. The number of aliphatic hydroxyl groups excluding tert-OH is 2. The Morgan fingerprint density at radius 1 is 1.39 bits per heavy atom. The summed E-state index contributed by atoms with van der Waals surface area (Å²) in [4.78, 5) is 11.2. The minimum absolute atomic E-state index is 0.0331. The van der Waals surface area contributed by atoms with Crippen molar-refractivity contribution < 1.29 is 19.7 Å². The second kappa shape index (κ2) is 5.84. The molecule has 1 aromatic rings. The molecule has 1 atom stereocenters. The van der Waals surface area contributed by atoms with E-state index < -0.39 is 6.10 Å². The molecular formula is C13H17NO4. The number of anilines is 1. The normalized spacial score (nSPS) is 15.6. The van der Waals surface area contributed by atoms with Crippen LogP contribution in [0.2, 0.25) is 0 Å². The number of rotatable bonds is 5. The van der Waals surface area contributed by atoms with E-state index >= 15 is 0 Å². The maximum absolute atomic E-state index is 11.2. The number of carbonyl (C=O) groups excluding carboxylic acids is 1. The van der Waals surface area contributed by atoms with Crippen molar-refractivity contribution >= 4 is 11.6 Å². The standard InChI is InChI=1S/C13H17NO4/c15-6-2-1-3-11(16)9-4-5-12-10(7-9)14-13(17)8-18-12/h4-5,7,11,15-16H,1-3,6,8H2,(H,14,17). The summed E-state index contributed by atoms with van der Waals surface area (Å²) in [6.45, 7) is 0.173. The summed E-state index contributed by atoms with van der Waals surface area (Å²) in [7, 11) is 0. The molecule has 1 aromatic carbocycles. The van der Waals surface area contributed by atoms with Crippen molar-refractivity contribution in [3.63, 3.8) is 0 Å². The molecule has 1 amide bonds. The first-order valence-corrected chi connectivity index (χ1v) is 6.06. The van der Waals surface area contributed by atoms with Crippen molar-refractivity contribution in [2.45, 2.75) is 25.4 Å². The van der Waals surface area contributed by atoms with Gasteiger partial charge < -0.3 is 20.3 Å². The third-order valence-electron chi connectivity index (χ3n) is 2.91. The first kappa shape index (κ1) is 12.9. The zero-order valence-electron chi connectivity index (χ0n) is 10.1. The van der Waals surface area contributed by atoms with Crippen LogP contribution in [-0.4, -0.2) is 29.3 Å². The minimum atomic E-state index is -0.583. The molecular weight excluding hydrogens is 234 g/mol. The van der Waals surface area contributed by atoms with Gasteiger partial charge in [0.05, 0.1) is 11.8 Å². The molecule has 0 saturated heterocycles. The van der Waals surface area contributed by atoms with Crippen molar-refractivity contribution in [3.05, 3.63) is 23.8 Å². The summed E-state index contributed by atoms with van der Waals surface area (Å²) in [6.07, 6.45) is 1.45. The van der Waals surface area contributed by atoms with Crippen LogP contribution in [-0.2, 0) is 4.79 Å². The van der Waals surface area contributed by atoms with Gasteiger partial charge in [-0.05, 0) is 37.0 Å². The van der Waals surface area contributed by atoms with Gasteiger partial charge in [-0.15, -0.1) is 0 Å². The van der Waals surface area contributed by atoms with Crippen LogP contribution in [0, 0.1) is 0 Å². The lowest BCUT2D eigenvalue weighted by atomic mass is 10.0. The van der Waals surface area contributed by atoms with Gasteiger partial charge in [0.2, 0.25) is 0 Å².